The van der Waals surface area contributed by atoms with Crippen LogP contribution in [-0.2, 0) is 6.42 Å². The van der Waals surface area contributed by atoms with E-state index >= 15 is 0 Å². The summed E-state index contributed by atoms with van der Waals surface area (Å²) < 4.78 is 5.28. The van der Waals surface area contributed by atoms with Gasteiger partial charge in [0.25, 0.3) is 0 Å². The number of benzene rings is 2. The third-order valence-electron chi connectivity index (χ3n) is 4.65. The highest BCUT2D eigenvalue weighted by atomic mass is 16.5. The fourth-order valence-electron chi connectivity index (χ4n) is 3.53. The number of rotatable bonds is 3. The fourth-order valence-corrected chi connectivity index (χ4v) is 3.53. The molecule has 20 heavy (non-hydrogen) atoms. The Labute approximate surface area is 121 Å². The van der Waals surface area contributed by atoms with Gasteiger partial charge in [0.05, 0.1) is 7.11 Å². The Hall–Kier alpha value is -1.76. The third kappa shape index (κ3) is 2.33. The summed E-state index contributed by atoms with van der Waals surface area (Å²) >= 11 is 0. The molecular weight excluding hydrogens is 244 g/mol. The van der Waals surface area contributed by atoms with E-state index in [0.29, 0.717) is 5.92 Å². The van der Waals surface area contributed by atoms with Crippen molar-refractivity contribution < 1.29 is 4.74 Å². The number of hydrogen-bond acceptors (Lipinski definition) is 1. The molecule has 2 aromatic carbocycles. The monoisotopic (exact) mass is 266 g/mol. The lowest BCUT2D eigenvalue weighted by atomic mass is 9.71. The van der Waals surface area contributed by atoms with Crippen LogP contribution < -0.4 is 4.74 Å². The van der Waals surface area contributed by atoms with Crippen molar-refractivity contribution in [1.82, 2.24) is 0 Å². The van der Waals surface area contributed by atoms with Crippen molar-refractivity contribution in [1.29, 1.82) is 0 Å². The maximum atomic E-state index is 5.28. The predicted molar refractivity (Wildman–Crippen MR) is 83.4 cm³/mol. The number of hydrogen-bond donors (Lipinski definition) is 0. The Bertz CT molecular complexity index is 571. The predicted octanol–water partition coefficient (Wildman–Crippen LogP) is 4.80. The zero-order valence-electron chi connectivity index (χ0n) is 12.3. The van der Waals surface area contributed by atoms with Crippen LogP contribution in [0.25, 0.3) is 0 Å². The molecule has 0 aromatic heterocycles. The van der Waals surface area contributed by atoms with Gasteiger partial charge in [-0.2, -0.15) is 0 Å². The maximum absolute atomic E-state index is 5.28. The normalized spacial score (nSPS) is 21.3. The Balaban J connectivity index is 2.03. The second kappa shape index (κ2) is 5.70. The first-order valence-corrected chi connectivity index (χ1v) is 7.55. The molecule has 2 aromatic rings. The van der Waals surface area contributed by atoms with E-state index in [2.05, 4.69) is 55.5 Å². The van der Waals surface area contributed by atoms with E-state index in [0.717, 1.165) is 11.7 Å². The molecule has 104 valence electrons. The minimum Gasteiger partial charge on any atom is -0.497 e. The van der Waals surface area contributed by atoms with Crippen LogP contribution in [0.3, 0.4) is 0 Å². The zero-order chi connectivity index (χ0) is 13.9. The number of methoxy groups -OCH3 is 1. The summed E-state index contributed by atoms with van der Waals surface area (Å²) in [6.45, 7) is 2.31. The van der Waals surface area contributed by atoms with Gasteiger partial charge in [-0.05, 0) is 47.6 Å². The summed E-state index contributed by atoms with van der Waals surface area (Å²) in [5.74, 6) is 2.22. The third-order valence-corrected chi connectivity index (χ3v) is 4.65. The zero-order valence-corrected chi connectivity index (χ0v) is 12.3. The number of ether oxygens (including phenoxy) is 1. The lowest BCUT2D eigenvalue weighted by Crippen LogP contribution is -2.21. The SMILES string of the molecule is CC[C@@H]1CCc2ccccc2[C@H]1c1ccc(OC)cc1. The molecule has 0 radical (unpaired) electrons. The number of fused-ring (bicyclic) bond motifs is 1. The summed E-state index contributed by atoms with van der Waals surface area (Å²) in [4.78, 5) is 0. The molecule has 1 nitrogen and oxygen atoms in total. The maximum Gasteiger partial charge on any atom is 0.118 e. The molecule has 0 saturated carbocycles. The van der Waals surface area contributed by atoms with Crippen molar-refractivity contribution in [2.24, 2.45) is 5.92 Å². The Kier molecular flexibility index (Phi) is 3.77. The molecule has 3 rings (SSSR count). The lowest BCUT2D eigenvalue weighted by molar-refractivity contribution is 0.395. The number of aryl methyl sites for hydroxylation is 1. The van der Waals surface area contributed by atoms with Crippen LogP contribution in [0.5, 0.6) is 5.75 Å². The summed E-state index contributed by atoms with van der Waals surface area (Å²) in [6, 6.07) is 17.6. The smallest absolute Gasteiger partial charge is 0.118 e. The summed E-state index contributed by atoms with van der Waals surface area (Å²) in [5, 5.41) is 0. The Morgan fingerprint density at radius 1 is 1.05 bits per heavy atom. The van der Waals surface area contributed by atoms with Gasteiger partial charge in [-0.1, -0.05) is 49.7 Å². The molecule has 0 aliphatic heterocycles. The van der Waals surface area contributed by atoms with Crippen LogP contribution in [0, 0.1) is 5.92 Å². The van der Waals surface area contributed by atoms with Crippen molar-refractivity contribution in [3.8, 4) is 5.75 Å². The van der Waals surface area contributed by atoms with Crippen LogP contribution in [-0.4, -0.2) is 7.11 Å². The van der Waals surface area contributed by atoms with Gasteiger partial charge in [-0.25, -0.2) is 0 Å². The van der Waals surface area contributed by atoms with Gasteiger partial charge >= 0.3 is 0 Å². The average Bonchev–Trinajstić information content (AvgIpc) is 2.54. The molecule has 0 unspecified atom stereocenters. The first-order valence-electron chi connectivity index (χ1n) is 7.55. The Morgan fingerprint density at radius 3 is 2.50 bits per heavy atom. The lowest BCUT2D eigenvalue weighted by Gasteiger charge is -2.33. The average molecular weight is 266 g/mol. The molecule has 0 spiro atoms. The van der Waals surface area contributed by atoms with E-state index in [1.165, 1.54) is 36.0 Å². The highest BCUT2D eigenvalue weighted by Crippen LogP contribution is 2.42. The van der Waals surface area contributed by atoms with Crippen molar-refractivity contribution in [2.75, 3.05) is 7.11 Å². The van der Waals surface area contributed by atoms with Crippen molar-refractivity contribution in [2.45, 2.75) is 32.1 Å². The van der Waals surface area contributed by atoms with Crippen LogP contribution in [0.2, 0.25) is 0 Å². The molecular formula is C19H22O. The summed E-state index contributed by atoms with van der Waals surface area (Å²) in [6.07, 6.45) is 3.76. The highest BCUT2D eigenvalue weighted by Gasteiger charge is 2.29. The fraction of sp³-hybridized carbons (Fsp3) is 0.368. The van der Waals surface area contributed by atoms with Gasteiger partial charge in [0.1, 0.15) is 5.75 Å². The largest absolute Gasteiger partial charge is 0.497 e. The molecule has 0 bridgehead atoms. The minimum atomic E-state index is 0.538. The van der Waals surface area contributed by atoms with Crippen LogP contribution in [0.15, 0.2) is 48.5 Å². The first kappa shape index (κ1) is 13.2. The molecule has 0 fully saturated rings. The molecule has 2 atom stereocenters. The molecule has 0 N–H and O–H groups in total. The van der Waals surface area contributed by atoms with E-state index in [4.69, 9.17) is 4.74 Å². The van der Waals surface area contributed by atoms with Gasteiger partial charge < -0.3 is 4.74 Å². The van der Waals surface area contributed by atoms with E-state index in [1.54, 1.807) is 7.11 Å². The molecule has 0 saturated heterocycles. The van der Waals surface area contributed by atoms with E-state index in [1.807, 2.05) is 0 Å². The topological polar surface area (TPSA) is 9.23 Å². The van der Waals surface area contributed by atoms with Gasteiger partial charge in [0.15, 0.2) is 0 Å². The second-order valence-corrected chi connectivity index (χ2v) is 5.66. The highest BCUT2D eigenvalue weighted by molar-refractivity contribution is 5.42. The summed E-state index contributed by atoms with van der Waals surface area (Å²) in [5.41, 5.74) is 4.47. The van der Waals surface area contributed by atoms with Crippen molar-refractivity contribution >= 4 is 0 Å². The molecule has 1 aliphatic rings. The Morgan fingerprint density at radius 2 is 1.80 bits per heavy atom. The van der Waals surface area contributed by atoms with E-state index in [-0.39, 0.29) is 0 Å². The quantitative estimate of drug-likeness (QED) is 0.775. The first-order chi connectivity index (χ1) is 9.83. The molecule has 1 heteroatoms. The van der Waals surface area contributed by atoms with Crippen LogP contribution >= 0.6 is 0 Å². The molecule has 0 heterocycles. The van der Waals surface area contributed by atoms with Crippen LogP contribution in [0.4, 0.5) is 0 Å². The van der Waals surface area contributed by atoms with Crippen molar-refractivity contribution in [3.63, 3.8) is 0 Å². The minimum absolute atomic E-state index is 0.538. The second-order valence-electron chi connectivity index (χ2n) is 5.66. The van der Waals surface area contributed by atoms with Gasteiger partial charge in [-0.3, -0.25) is 0 Å². The van der Waals surface area contributed by atoms with Crippen molar-refractivity contribution in [3.05, 3.63) is 65.2 Å². The van der Waals surface area contributed by atoms with Gasteiger partial charge in [-0.15, -0.1) is 0 Å². The van der Waals surface area contributed by atoms with Gasteiger partial charge in [0.2, 0.25) is 0 Å². The van der Waals surface area contributed by atoms with E-state index < -0.39 is 0 Å². The molecule has 0 amide bonds. The summed E-state index contributed by atoms with van der Waals surface area (Å²) in [7, 11) is 1.72. The standard InChI is InChI=1S/C19H22O/c1-3-14-8-9-15-6-4-5-7-18(15)19(14)16-10-12-17(20-2)13-11-16/h4-7,10-14,19H,3,8-9H2,1-2H3/t14-,19-/m1/s1. The van der Waals surface area contributed by atoms with Gasteiger partial charge in [0, 0.05) is 5.92 Å². The van der Waals surface area contributed by atoms with Crippen LogP contribution in [0.1, 0.15) is 42.4 Å². The van der Waals surface area contributed by atoms with E-state index in [9.17, 15) is 0 Å². The molecule has 1 aliphatic carbocycles.